The maximum atomic E-state index is 12.3. The first-order valence-corrected chi connectivity index (χ1v) is 9.39. The lowest BCUT2D eigenvalue weighted by Gasteiger charge is -2.12. The van der Waals surface area contributed by atoms with E-state index in [4.69, 9.17) is 0 Å². The van der Waals surface area contributed by atoms with Gasteiger partial charge in [-0.3, -0.25) is 0 Å². The third-order valence-electron chi connectivity index (χ3n) is 3.03. The maximum Gasteiger partial charge on any atom is 0.242 e. The van der Waals surface area contributed by atoms with E-state index in [1.807, 2.05) is 18.4 Å². The molecule has 0 saturated heterocycles. The van der Waals surface area contributed by atoms with Gasteiger partial charge >= 0.3 is 0 Å². The van der Waals surface area contributed by atoms with Gasteiger partial charge in [0.05, 0.1) is 5.69 Å². The predicted octanol–water partition coefficient (Wildman–Crippen LogP) is 3.09. The molecule has 0 bridgehead atoms. The average Bonchev–Trinajstić information content (AvgIpc) is 2.99. The van der Waals surface area contributed by atoms with Crippen molar-refractivity contribution >= 4 is 27.0 Å². The Morgan fingerprint density at radius 2 is 1.95 bits per heavy atom. The summed E-state index contributed by atoms with van der Waals surface area (Å²) in [4.78, 5) is 0.309. The van der Waals surface area contributed by atoms with Crippen LogP contribution >= 0.6 is 11.3 Å². The lowest BCUT2D eigenvalue weighted by Crippen LogP contribution is -2.25. The van der Waals surface area contributed by atoms with Crippen LogP contribution in [0.15, 0.2) is 46.0 Å². The number of para-hydroxylation sites is 1. The second-order valence-corrected chi connectivity index (χ2v) is 7.22. The first kappa shape index (κ1) is 16.0. The Morgan fingerprint density at radius 1 is 1.14 bits per heavy atom. The van der Waals surface area contributed by atoms with Crippen molar-refractivity contribution in [3.05, 3.63) is 46.7 Å². The summed E-state index contributed by atoms with van der Waals surface area (Å²) in [5.41, 5.74) is 1.91. The van der Waals surface area contributed by atoms with Gasteiger partial charge in [0.2, 0.25) is 10.0 Å². The molecule has 1 aromatic carbocycles. The molecule has 0 amide bonds. The Balaban J connectivity index is 2.06. The molecule has 2 rings (SSSR count). The van der Waals surface area contributed by atoms with Crippen molar-refractivity contribution in [2.24, 2.45) is 0 Å². The van der Waals surface area contributed by atoms with Gasteiger partial charge in [-0.25, -0.2) is 13.1 Å². The van der Waals surface area contributed by atoms with Crippen molar-refractivity contribution < 1.29 is 8.42 Å². The van der Waals surface area contributed by atoms with Gasteiger partial charge in [0, 0.05) is 13.1 Å². The van der Waals surface area contributed by atoms with E-state index in [2.05, 4.69) is 21.5 Å². The fourth-order valence-corrected chi connectivity index (χ4v) is 3.96. The van der Waals surface area contributed by atoms with Crippen molar-refractivity contribution in [1.82, 2.24) is 4.72 Å². The monoisotopic (exact) mass is 324 g/mol. The Morgan fingerprint density at radius 3 is 2.67 bits per heavy atom. The minimum absolute atomic E-state index is 0.309. The molecule has 0 aliphatic rings. The molecule has 0 aliphatic heterocycles. The molecule has 21 heavy (non-hydrogen) atoms. The number of anilines is 1. The zero-order chi connectivity index (χ0) is 15.1. The largest absolute Gasteiger partial charge is 0.384 e. The number of benzene rings is 1. The highest BCUT2D eigenvalue weighted by Crippen LogP contribution is 2.20. The predicted molar refractivity (Wildman–Crippen MR) is 88.4 cm³/mol. The summed E-state index contributed by atoms with van der Waals surface area (Å²) >= 11 is 1.67. The van der Waals surface area contributed by atoms with Gasteiger partial charge in [0.1, 0.15) is 4.90 Å². The van der Waals surface area contributed by atoms with Crippen LogP contribution < -0.4 is 10.0 Å². The highest BCUT2D eigenvalue weighted by molar-refractivity contribution is 7.89. The molecule has 114 valence electrons. The van der Waals surface area contributed by atoms with E-state index in [9.17, 15) is 8.42 Å². The van der Waals surface area contributed by atoms with Gasteiger partial charge in [-0.05, 0) is 47.4 Å². The second-order valence-electron chi connectivity index (χ2n) is 4.70. The molecular weight excluding hydrogens is 304 g/mol. The first-order valence-electron chi connectivity index (χ1n) is 6.97. The fraction of sp³-hybridized carbons (Fsp3) is 0.333. The van der Waals surface area contributed by atoms with Gasteiger partial charge < -0.3 is 5.32 Å². The standard InChI is InChI=1S/C15H20N2O2S2/c1-2-9-17-21(18,19)15-6-4-3-5-14(15)16-10-7-13-8-11-20-12-13/h3-6,8,11-12,16-17H,2,7,9-10H2,1H3. The molecule has 0 fully saturated rings. The van der Waals surface area contributed by atoms with Crippen LogP contribution in [0.1, 0.15) is 18.9 Å². The summed E-state index contributed by atoms with van der Waals surface area (Å²) in [6.45, 7) is 3.09. The van der Waals surface area contributed by atoms with Gasteiger partial charge in [-0.1, -0.05) is 19.1 Å². The van der Waals surface area contributed by atoms with Crippen molar-refractivity contribution in [2.45, 2.75) is 24.7 Å². The SMILES string of the molecule is CCCNS(=O)(=O)c1ccccc1NCCc1ccsc1. The highest BCUT2D eigenvalue weighted by atomic mass is 32.2. The Bertz CT molecular complexity index is 652. The molecule has 6 heteroatoms. The van der Waals surface area contributed by atoms with Crippen LogP contribution in [0.25, 0.3) is 0 Å². The van der Waals surface area contributed by atoms with E-state index >= 15 is 0 Å². The fourth-order valence-electron chi connectivity index (χ4n) is 1.94. The average molecular weight is 324 g/mol. The Kier molecular flexibility index (Phi) is 5.78. The van der Waals surface area contributed by atoms with Crippen LogP contribution in [0.5, 0.6) is 0 Å². The van der Waals surface area contributed by atoms with Crippen molar-refractivity contribution in [3.63, 3.8) is 0 Å². The summed E-state index contributed by atoms with van der Waals surface area (Å²) in [7, 11) is -3.45. The molecule has 2 aromatic rings. The maximum absolute atomic E-state index is 12.3. The lowest BCUT2D eigenvalue weighted by molar-refractivity contribution is 0.581. The summed E-state index contributed by atoms with van der Waals surface area (Å²) in [6.07, 6.45) is 1.65. The van der Waals surface area contributed by atoms with Crippen molar-refractivity contribution in [3.8, 4) is 0 Å². The molecule has 0 aliphatic carbocycles. The third kappa shape index (κ3) is 4.56. The van der Waals surface area contributed by atoms with E-state index in [0.717, 1.165) is 12.8 Å². The van der Waals surface area contributed by atoms with Crippen LogP contribution in [0.4, 0.5) is 5.69 Å². The molecule has 4 nitrogen and oxygen atoms in total. The highest BCUT2D eigenvalue weighted by Gasteiger charge is 2.16. The van der Waals surface area contributed by atoms with E-state index < -0.39 is 10.0 Å². The van der Waals surface area contributed by atoms with E-state index in [1.165, 1.54) is 5.56 Å². The van der Waals surface area contributed by atoms with Crippen LogP contribution in [0.2, 0.25) is 0 Å². The minimum atomic E-state index is -3.45. The summed E-state index contributed by atoms with van der Waals surface area (Å²) in [5.74, 6) is 0. The molecule has 1 heterocycles. The second kappa shape index (κ2) is 7.59. The summed E-state index contributed by atoms with van der Waals surface area (Å²) in [5, 5.41) is 7.37. The molecule has 2 N–H and O–H groups in total. The van der Waals surface area contributed by atoms with Crippen LogP contribution in [0, 0.1) is 0 Å². The molecule has 0 unspecified atom stereocenters. The topological polar surface area (TPSA) is 58.2 Å². The zero-order valence-electron chi connectivity index (χ0n) is 12.0. The molecule has 0 saturated carbocycles. The molecular formula is C15H20N2O2S2. The van der Waals surface area contributed by atoms with Crippen LogP contribution in [0.3, 0.4) is 0 Å². The minimum Gasteiger partial charge on any atom is -0.384 e. The van der Waals surface area contributed by atoms with E-state index in [0.29, 0.717) is 23.7 Å². The van der Waals surface area contributed by atoms with Gasteiger partial charge in [0.25, 0.3) is 0 Å². The van der Waals surface area contributed by atoms with Gasteiger partial charge in [0.15, 0.2) is 0 Å². The normalized spacial score (nSPS) is 11.5. The number of hydrogen-bond acceptors (Lipinski definition) is 4. The molecule has 1 aromatic heterocycles. The quantitative estimate of drug-likeness (QED) is 0.784. The van der Waals surface area contributed by atoms with Crippen LogP contribution in [-0.2, 0) is 16.4 Å². The number of hydrogen-bond donors (Lipinski definition) is 2. The van der Waals surface area contributed by atoms with E-state index in [1.54, 1.807) is 29.5 Å². The van der Waals surface area contributed by atoms with Crippen molar-refractivity contribution in [1.29, 1.82) is 0 Å². The number of rotatable bonds is 8. The number of nitrogens with one attached hydrogen (secondary N) is 2. The Labute approximate surface area is 130 Å². The molecule has 0 spiro atoms. The molecule has 0 radical (unpaired) electrons. The van der Waals surface area contributed by atoms with Crippen LogP contribution in [-0.4, -0.2) is 21.5 Å². The van der Waals surface area contributed by atoms with E-state index in [-0.39, 0.29) is 0 Å². The smallest absolute Gasteiger partial charge is 0.242 e. The van der Waals surface area contributed by atoms with Crippen molar-refractivity contribution in [2.75, 3.05) is 18.4 Å². The van der Waals surface area contributed by atoms with Gasteiger partial charge in [-0.15, -0.1) is 0 Å². The zero-order valence-corrected chi connectivity index (χ0v) is 13.6. The lowest BCUT2D eigenvalue weighted by atomic mass is 10.2. The summed E-state index contributed by atoms with van der Waals surface area (Å²) in [6, 6.07) is 9.09. The van der Waals surface area contributed by atoms with Gasteiger partial charge in [-0.2, -0.15) is 11.3 Å². The number of thiophene rings is 1. The summed E-state index contributed by atoms with van der Waals surface area (Å²) < 4.78 is 27.1. The number of sulfonamides is 1. The Hall–Kier alpha value is -1.37. The first-order chi connectivity index (χ1) is 10.1. The molecule has 0 atom stereocenters. The third-order valence-corrected chi connectivity index (χ3v) is 5.28.